The highest BCUT2D eigenvalue weighted by Crippen LogP contribution is 2.37. The number of guanidine groups is 1. The summed E-state index contributed by atoms with van der Waals surface area (Å²) in [5.74, 6) is -0.978. The molecule has 2 N–H and O–H groups in total. The minimum absolute atomic E-state index is 0. The lowest BCUT2D eigenvalue weighted by molar-refractivity contribution is -0.183. The second-order valence-corrected chi connectivity index (χ2v) is 8.00. The van der Waals surface area contributed by atoms with E-state index in [0.29, 0.717) is 31.4 Å². The molecule has 170 valence electrons. The van der Waals surface area contributed by atoms with Crippen molar-refractivity contribution in [2.24, 2.45) is 10.9 Å². The van der Waals surface area contributed by atoms with Gasteiger partial charge >= 0.3 is 6.18 Å². The van der Waals surface area contributed by atoms with Crippen LogP contribution >= 0.6 is 24.0 Å². The number of nitrogens with zero attached hydrogens (tertiary/aromatic N) is 3. The summed E-state index contributed by atoms with van der Waals surface area (Å²) in [7, 11) is 3.32. The molecule has 0 aromatic heterocycles. The highest BCUT2D eigenvalue weighted by Gasteiger charge is 2.42. The summed E-state index contributed by atoms with van der Waals surface area (Å²) in [6, 6.07) is 0.0998. The van der Waals surface area contributed by atoms with Crippen LogP contribution in [0.1, 0.15) is 45.4 Å². The molecule has 2 aliphatic rings. The Balaban J connectivity index is 0.00000420. The molecule has 29 heavy (non-hydrogen) atoms. The Morgan fingerprint density at radius 3 is 2.55 bits per heavy atom. The second-order valence-electron chi connectivity index (χ2n) is 8.00. The lowest BCUT2D eigenvalue weighted by Gasteiger charge is -2.32. The van der Waals surface area contributed by atoms with E-state index in [4.69, 9.17) is 0 Å². The van der Waals surface area contributed by atoms with E-state index in [9.17, 15) is 18.0 Å². The van der Waals surface area contributed by atoms with Crippen molar-refractivity contribution in [2.45, 2.75) is 63.7 Å². The maximum absolute atomic E-state index is 13.1. The third-order valence-corrected chi connectivity index (χ3v) is 5.76. The van der Waals surface area contributed by atoms with Crippen molar-refractivity contribution in [2.75, 3.05) is 40.3 Å². The zero-order valence-corrected chi connectivity index (χ0v) is 19.9. The van der Waals surface area contributed by atoms with Crippen LogP contribution in [0.4, 0.5) is 13.2 Å². The van der Waals surface area contributed by atoms with Crippen LogP contribution in [0.5, 0.6) is 0 Å². The van der Waals surface area contributed by atoms with Crippen molar-refractivity contribution in [1.82, 2.24) is 20.4 Å². The number of aliphatic imine (C=N–C) groups is 1. The fourth-order valence-corrected chi connectivity index (χ4v) is 4.01. The Bertz CT molecular complexity index is 544. The predicted octanol–water partition coefficient (Wildman–Crippen LogP) is 2.83. The number of carbonyl (C=O) groups excluding carboxylic acids is 1. The van der Waals surface area contributed by atoms with E-state index >= 15 is 0 Å². The van der Waals surface area contributed by atoms with Crippen molar-refractivity contribution < 1.29 is 18.0 Å². The van der Waals surface area contributed by atoms with E-state index in [1.807, 2.05) is 0 Å². The van der Waals surface area contributed by atoms with Crippen LogP contribution in [0, 0.1) is 5.92 Å². The van der Waals surface area contributed by atoms with Crippen molar-refractivity contribution in [1.29, 1.82) is 0 Å². The Kier molecular flexibility index (Phi) is 11.0. The van der Waals surface area contributed by atoms with Gasteiger partial charge in [0.1, 0.15) is 6.54 Å². The van der Waals surface area contributed by atoms with Gasteiger partial charge in [-0.2, -0.15) is 13.2 Å². The maximum Gasteiger partial charge on any atom is 0.391 e. The number of halogens is 4. The molecule has 0 radical (unpaired) electrons. The molecular formula is C19H35F3IN5O. The summed E-state index contributed by atoms with van der Waals surface area (Å²) in [5, 5.41) is 6.43. The number of nitrogens with one attached hydrogen (secondary N) is 2. The molecule has 6 nitrogen and oxygen atoms in total. The molecule has 2 fully saturated rings. The fourth-order valence-electron chi connectivity index (χ4n) is 4.01. The zero-order valence-electron chi connectivity index (χ0n) is 17.6. The van der Waals surface area contributed by atoms with Crippen molar-refractivity contribution in [3.05, 3.63) is 0 Å². The third-order valence-electron chi connectivity index (χ3n) is 5.76. The van der Waals surface area contributed by atoms with Crippen LogP contribution in [-0.2, 0) is 4.79 Å². The van der Waals surface area contributed by atoms with E-state index < -0.39 is 12.1 Å². The summed E-state index contributed by atoms with van der Waals surface area (Å²) >= 11 is 0. The molecule has 2 rings (SSSR count). The van der Waals surface area contributed by atoms with E-state index in [-0.39, 0.29) is 55.3 Å². The van der Waals surface area contributed by atoms with Gasteiger partial charge in [-0.1, -0.05) is 13.3 Å². The quantitative estimate of drug-likeness (QED) is 0.314. The molecule has 0 spiro atoms. The number of amides is 1. The molecule has 3 atom stereocenters. The van der Waals surface area contributed by atoms with E-state index in [2.05, 4.69) is 27.4 Å². The van der Waals surface area contributed by atoms with Crippen LogP contribution in [0.25, 0.3) is 0 Å². The first kappa shape index (κ1) is 26.3. The molecule has 1 saturated heterocycles. The first-order chi connectivity index (χ1) is 13.2. The minimum Gasteiger partial charge on any atom is -0.355 e. The maximum atomic E-state index is 13.1. The predicted molar refractivity (Wildman–Crippen MR) is 120 cm³/mol. The molecule has 0 bridgehead atoms. The van der Waals surface area contributed by atoms with Gasteiger partial charge in [-0.25, -0.2) is 4.99 Å². The zero-order chi connectivity index (χ0) is 20.7. The summed E-state index contributed by atoms with van der Waals surface area (Å²) in [6.07, 6.45) is -0.459. The number of rotatable bonds is 6. The smallest absolute Gasteiger partial charge is 0.355 e. The summed E-state index contributed by atoms with van der Waals surface area (Å²) in [6.45, 7) is 4.81. The monoisotopic (exact) mass is 533 g/mol. The Hall–Kier alpha value is -0.780. The lowest BCUT2D eigenvalue weighted by atomic mass is 9.85. The summed E-state index contributed by atoms with van der Waals surface area (Å²) < 4.78 is 39.3. The van der Waals surface area contributed by atoms with Crippen molar-refractivity contribution in [3.8, 4) is 0 Å². The average molecular weight is 533 g/mol. The standard InChI is InChI=1S/C19H34F3N5O.HI/c1-4-27-10-6-9-16(27)12-23-18(24-13-17(28)26(2)3)25-15-8-5-7-14(11-15)19(20,21)22;/h14-16H,4-13H2,1-3H3,(H2,23,24,25);1H. The van der Waals surface area contributed by atoms with E-state index in [1.54, 1.807) is 14.1 Å². The van der Waals surface area contributed by atoms with Gasteiger partial charge in [0.15, 0.2) is 5.96 Å². The Labute approximate surface area is 189 Å². The summed E-state index contributed by atoms with van der Waals surface area (Å²) in [5.41, 5.74) is 0. The van der Waals surface area contributed by atoms with Gasteiger partial charge in [-0.05, 0) is 45.2 Å². The molecule has 0 aromatic carbocycles. The molecule has 1 saturated carbocycles. The van der Waals surface area contributed by atoms with Gasteiger partial charge in [-0.3, -0.25) is 9.69 Å². The fraction of sp³-hybridized carbons (Fsp3) is 0.895. The molecule has 3 unspecified atom stereocenters. The Morgan fingerprint density at radius 1 is 1.21 bits per heavy atom. The number of hydrogen-bond acceptors (Lipinski definition) is 3. The van der Waals surface area contributed by atoms with Gasteiger partial charge in [0.2, 0.25) is 5.91 Å². The number of likely N-dealkylation sites (tertiary alicyclic amines) is 1. The molecule has 10 heteroatoms. The van der Waals surface area contributed by atoms with Crippen LogP contribution in [-0.4, -0.2) is 80.2 Å². The van der Waals surface area contributed by atoms with E-state index in [1.165, 1.54) is 4.90 Å². The van der Waals surface area contributed by atoms with Crippen molar-refractivity contribution >= 4 is 35.8 Å². The Morgan fingerprint density at radius 2 is 1.93 bits per heavy atom. The van der Waals surface area contributed by atoms with Crippen LogP contribution in [0.2, 0.25) is 0 Å². The average Bonchev–Trinajstić information content (AvgIpc) is 3.10. The SMILES string of the molecule is CCN1CCCC1CNC(=NCC(=O)N(C)C)NC1CCCC(C(F)(F)F)C1.I. The third kappa shape index (κ3) is 8.47. The van der Waals surface area contributed by atoms with Gasteiger partial charge in [-0.15, -0.1) is 24.0 Å². The highest BCUT2D eigenvalue weighted by atomic mass is 127. The van der Waals surface area contributed by atoms with Gasteiger partial charge in [0.05, 0.1) is 5.92 Å². The van der Waals surface area contributed by atoms with Gasteiger partial charge in [0.25, 0.3) is 0 Å². The first-order valence-corrected chi connectivity index (χ1v) is 10.3. The molecular weight excluding hydrogens is 498 g/mol. The minimum atomic E-state index is -4.16. The number of hydrogen-bond donors (Lipinski definition) is 2. The van der Waals surface area contributed by atoms with Crippen molar-refractivity contribution in [3.63, 3.8) is 0 Å². The molecule has 1 aliphatic heterocycles. The van der Waals surface area contributed by atoms with E-state index in [0.717, 1.165) is 25.9 Å². The van der Waals surface area contributed by atoms with Gasteiger partial charge < -0.3 is 15.5 Å². The normalized spacial score (nSPS) is 26.0. The highest BCUT2D eigenvalue weighted by molar-refractivity contribution is 14.0. The van der Waals surface area contributed by atoms with Crippen LogP contribution in [0.15, 0.2) is 4.99 Å². The molecule has 1 aliphatic carbocycles. The molecule has 0 aromatic rings. The van der Waals surface area contributed by atoms with Crippen LogP contribution < -0.4 is 10.6 Å². The lowest BCUT2D eigenvalue weighted by Crippen LogP contribution is -2.50. The largest absolute Gasteiger partial charge is 0.391 e. The first-order valence-electron chi connectivity index (χ1n) is 10.3. The number of likely N-dealkylation sites (N-methyl/N-ethyl adjacent to an activating group) is 2. The van der Waals surface area contributed by atoms with Crippen LogP contribution in [0.3, 0.4) is 0 Å². The summed E-state index contributed by atoms with van der Waals surface area (Å²) in [4.78, 5) is 20.1. The second kappa shape index (κ2) is 12.2. The molecule has 1 amide bonds. The number of carbonyl (C=O) groups is 1. The molecule has 1 heterocycles. The number of alkyl halides is 3. The topological polar surface area (TPSA) is 60.0 Å². The van der Waals surface area contributed by atoms with Gasteiger partial charge in [0, 0.05) is 32.7 Å².